The molecule has 1 amide bonds. The van der Waals surface area contributed by atoms with Crippen LogP contribution in [0.4, 0.5) is 5.82 Å². The number of halogens is 1. The van der Waals surface area contributed by atoms with Gasteiger partial charge in [0.25, 0.3) is 0 Å². The number of aromatic nitrogens is 1. The monoisotopic (exact) mass is 384 g/mol. The molecular formula is C18H17BrN4O. The fourth-order valence-electron chi connectivity index (χ4n) is 2.72. The van der Waals surface area contributed by atoms with Gasteiger partial charge in [-0.15, -0.1) is 0 Å². The summed E-state index contributed by atoms with van der Waals surface area (Å²) >= 11 is 3.46. The Hall–Kier alpha value is -2.39. The van der Waals surface area contributed by atoms with Crippen LogP contribution in [0.15, 0.2) is 47.1 Å². The van der Waals surface area contributed by atoms with Crippen molar-refractivity contribution in [1.29, 1.82) is 5.26 Å². The van der Waals surface area contributed by atoms with Crippen molar-refractivity contribution in [2.45, 2.75) is 12.3 Å². The molecule has 24 heavy (non-hydrogen) atoms. The lowest BCUT2D eigenvalue weighted by Gasteiger charge is -2.08. The van der Waals surface area contributed by atoms with Gasteiger partial charge in [-0.3, -0.25) is 4.79 Å². The van der Waals surface area contributed by atoms with Crippen molar-refractivity contribution >= 4 is 27.7 Å². The van der Waals surface area contributed by atoms with Gasteiger partial charge in [-0.2, -0.15) is 5.26 Å². The number of carbonyl (C=O) groups excluding carboxylic acids is 1. The number of rotatable bonds is 6. The van der Waals surface area contributed by atoms with E-state index in [0.29, 0.717) is 30.4 Å². The van der Waals surface area contributed by atoms with E-state index in [9.17, 15) is 4.79 Å². The Kier molecular flexibility index (Phi) is 5.11. The summed E-state index contributed by atoms with van der Waals surface area (Å²) in [5, 5.41) is 15.0. The minimum absolute atomic E-state index is 0.0591. The molecule has 2 atom stereocenters. The molecule has 2 unspecified atom stereocenters. The molecule has 1 fully saturated rings. The first kappa shape index (κ1) is 16.5. The molecule has 0 spiro atoms. The van der Waals surface area contributed by atoms with E-state index in [2.05, 4.69) is 49.7 Å². The quantitative estimate of drug-likeness (QED) is 0.750. The molecule has 1 aliphatic carbocycles. The van der Waals surface area contributed by atoms with Gasteiger partial charge in [0.2, 0.25) is 5.91 Å². The average Bonchev–Trinajstić information content (AvgIpc) is 3.40. The predicted molar refractivity (Wildman–Crippen MR) is 95.4 cm³/mol. The Balaban J connectivity index is 1.43. The predicted octanol–water partition coefficient (Wildman–Crippen LogP) is 3.05. The Bertz CT molecular complexity index is 787. The van der Waals surface area contributed by atoms with Crippen LogP contribution in [0.3, 0.4) is 0 Å². The molecule has 1 aromatic heterocycles. The minimum Gasteiger partial charge on any atom is -0.367 e. The molecule has 6 heteroatoms. The summed E-state index contributed by atoms with van der Waals surface area (Å²) in [6, 6.07) is 13.6. The molecule has 2 aromatic rings. The minimum atomic E-state index is 0.0591. The standard InChI is InChI=1S/C18H17BrN4O/c19-14-5-1-3-12(9-14)15-10-16(15)18(24)23-8-7-22-17-13(11-20)4-2-6-21-17/h1-6,9,15-16H,7-8,10H2,(H,21,22)(H,23,24). The Morgan fingerprint density at radius 1 is 1.33 bits per heavy atom. The van der Waals surface area contributed by atoms with Crippen LogP contribution in [0.1, 0.15) is 23.5 Å². The normalized spacial score (nSPS) is 18.5. The Labute approximate surface area is 149 Å². The van der Waals surface area contributed by atoms with Gasteiger partial charge in [0, 0.05) is 29.7 Å². The van der Waals surface area contributed by atoms with Gasteiger partial charge in [-0.25, -0.2) is 4.98 Å². The van der Waals surface area contributed by atoms with E-state index in [0.717, 1.165) is 10.9 Å². The van der Waals surface area contributed by atoms with Crippen LogP contribution >= 0.6 is 15.9 Å². The van der Waals surface area contributed by atoms with Gasteiger partial charge >= 0.3 is 0 Å². The Morgan fingerprint density at radius 3 is 3.00 bits per heavy atom. The molecule has 1 aromatic carbocycles. The van der Waals surface area contributed by atoms with Crippen LogP contribution in [0.25, 0.3) is 0 Å². The summed E-state index contributed by atoms with van der Waals surface area (Å²) in [4.78, 5) is 16.3. The zero-order valence-corrected chi connectivity index (χ0v) is 14.6. The number of nitriles is 1. The van der Waals surface area contributed by atoms with E-state index in [1.807, 2.05) is 12.1 Å². The first-order chi connectivity index (χ1) is 11.7. The van der Waals surface area contributed by atoms with Crippen molar-refractivity contribution in [2.75, 3.05) is 18.4 Å². The lowest BCUT2D eigenvalue weighted by atomic mass is 10.1. The van der Waals surface area contributed by atoms with Crippen molar-refractivity contribution in [3.63, 3.8) is 0 Å². The first-order valence-electron chi connectivity index (χ1n) is 7.81. The summed E-state index contributed by atoms with van der Waals surface area (Å²) in [5.41, 5.74) is 1.70. The molecular weight excluding hydrogens is 368 g/mol. The highest BCUT2D eigenvalue weighted by atomic mass is 79.9. The zero-order chi connectivity index (χ0) is 16.9. The third-order valence-corrected chi connectivity index (χ3v) is 4.54. The second-order valence-corrected chi connectivity index (χ2v) is 6.65. The molecule has 1 heterocycles. The molecule has 0 saturated heterocycles. The average molecular weight is 385 g/mol. The van der Waals surface area contributed by atoms with Gasteiger partial charge in [-0.1, -0.05) is 28.1 Å². The van der Waals surface area contributed by atoms with E-state index in [1.165, 1.54) is 5.56 Å². The van der Waals surface area contributed by atoms with Crippen molar-refractivity contribution in [1.82, 2.24) is 10.3 Å². The van der Waals surface area contributed by atoms with Crippen molar-refractivity contribution in [3.8, 4) is 6.07 Å². The number of hydrogen-bond acceptors (Lipinski definition) is 4. The highest BCUT2D eigenvalue weighted by Crippen LogP contribution is 2.47. The maximum Gasteiger partial charge on any atom is 0.223 e. The Morgan fingerprint density at radius 2 is 2.21 bits per heavy atom. The van der Waals surface area contributed by atoms with Gasteiger partial charge < -0.3 is 10.6 Å². The van der Waals surface area contributed by atoms with Crippen LogP contribution < -0.4 is 10.6 Å². The molecule has 0 aliphatic heterocycles. The van der Waals surface area contributed by atoms with Crippen molar-refractivity contribution in [3.05, 3.63) is 58.2 Å². The molecule has 0 bridgehead atoms. The van der Waals surface area contributed by atoms with E-state index in [-0.39, 0.29) is 11.8 Å². The molecule has 0 radical (unpaired) electrons. The van der Waals surface area contributed by atoms with Gasteiger partial charge in [-0.05, 0) is 42.2 Å². The first-order valence-corrected chi connectivity index (χ1v) is 8.60. The molecule has 1 aliphatic rings. The number of pyridine rings is 1. The number of amides is 1. The third kappa shape index (κ3) is 3.92. The fourth-order valence-corrected chi connectivity index (χ4v) is 3.14. The van der Waals surface area contributed by atoms with Crippen molar-refractivity contribution in [2.24, 2.45) is 5.92 Å². The summed E-state index contributed by atoms with van der Waals surface area (Å²) in [7, 11) is 0. The maximum absolute atomic E-state index is 12.2. The highest BCUT2D eigenvalue weighted by molar-refractivity contribution is 9.10. The SMILES string of the molecule is N#Cc1cccnc1NCCNC(=O)C1CC1c1cccc(Br)c1. The maximum atomic E-state index is 12.2. The molecule has 3 rings (SSSR count). The summed E-state index contributed by atoms with van der Waals surface area (Å²) in [6.07, 6.45) is 2.53. The van der Waals surface area contributed by atoms with Gasteiger partial charge in [0.1, 0.15) is 11.9 Å². The highest BCUT2D eigenvalue weighted by Gasteiger charge is 2.43. The fraction of sp³-hybridized carbons (Fsp3) is 0.278. The smallest absolute Gasteiger partial charge is 0.223 e. The van der Waals surface area contributed by atoms with E-state index in [1.54, 1.807) is 18.3 Å². The van der Waals surface area contributed by atoms with Crippen molar-refractivity contribution < 1.29 is 4.79 Å². The molecule has 5 nitrogen and oxygen atoms in total. The number of nitrogens with zero attached hydrogens (tertiary/aromatic N) is 2. The van der Waals surface area contributed by atoms with Crippen LogP contribution in [0, 0.1) is 17.2 Å². The summed E-state index contributed by atoms with van der Waals surface area (Å²) < 4.78 is 1.04. The second kappa shape index (κ2) is 7.45. The lowest BCUT2D eigenvalue weighted by Crippen LogP contribution is -2.30. The van der Waals surface area contributed by atoms with Crippen LogP contribution in [-0.4, -0.2) is 24.0 Å². The lowest BCUT2D eigenvalue weighted by molar-refractivity contribution is -0.122. The number of anilines is 1. The van der Waals surface area contributed by atoms with Gasteiger partial charge in [0.05, 0.1) is 5.56 Å². The van der Waals surface area contributed by atoms with Gasteiger partial charge in [0.15, 0.2) is 0 Å². The summed E-state index contributed by atoms with van der Waals surface area (Å²) in [6.45, 7) is 1.04. The van der Waals surface area contributed by atoms with E-state index >= 15 is 0 Å². The number of carbonyl (C=O) groups is 1. The number of benzene rings is 1. The van der Waals surface area contributed by atoms with Crippen LogP contribution in [0.5, 0.6) is 0 Å². The number of hydrogen-bond donors (Lipinski definition) is 2. The number of nitrogens with one attached hydrogen (secondary N) is 2. The second-order valence-electron chi connectivity index (χ2n) is 5.73. The van der Waals surface area contributed by atoms with E-state index in [4.69, 9.17) is 5.26 Å². The van der Waals surface area contributed by atoms with Crippen LogP contribution in [-0.2, 0) is 4.79 Å². The zero-order valence-electron chi connectivity index (χ0n) is 13.0. The topological polar surface area (TPSA) is 77.8 Å². The molecule has 122 valence electrons. The summed E-state index contributed by atoms with van der Waals surface area (Å²) in [5.74, 6) is 1.01. The van der Waals surface area contributed by atoms with E-state index < -0.39 is 0 Å². The largest absolute Gasteiger partial charge is 0.367 e. The third-order valence-electron chi connectivity index (χ3n) is 4.05. The van der Waals surface area contributed by atoms with Crippen LogP contribution in [0.2, 0.25) is 0 Å². The molecule has 2 N–H and O–H groups in total. The molecule has 1 saturated carbocycles.